The van der Waals surface area contributed by atoms with Crippen LogP contribution in [0.3, 0.4) is 0 Å². The van der Waals surface area contributed by atoms with Crippen molar-refractivity contribution < 1.29 is 0 Å². The molecule has 0 fully saturated rings. The van der Waals surface area contributed by atoms with Gasteiger partial charge in [0.15, 0.2) is 0 Å². The van der Waals surface area contributed by atoms with E-state index >= 15 is 0 Å². The molecule has 0 amide bonds. The minimum absolute atomic E-state index is 0.351. The van der Waals surface area contributed by atoms with Gasteiger partial charge in [-0.05, 0) is 317 Å². The molecule has 4 atom stereocenters. The molecular formula is C81H102. The monoisotopic (exact) mass is 1070 g/mol. The molecule has 0 nitrogen and oxygen atoms in total. The van der Waals surface area contributed by atoms with E-state index in [9.17, 15) is 0 Å². The summed E-state index contributed by atoms with van der Waals surface area (Å²) < 4.78 is 0. The second-order valence-corrected chi connectivity index (χ2v) is 26.1. The van der Waals surface area contributed by atoms with Crippen LogP contribution in [0.1, 0.15) is 265 Å². The molecule has 7 aromatic carbocycles. The van der Waals surface area contributed by atoms with Crippen LogP contribution in [-0.4, -0.2) is 0 Å². The van der Waals surface area contributed by atoms with Gasteiger partial charge in [0.1, 0.15) is 0 Å². The molecule has 0 aromatic heterocycles. The van der Waals surface area contributed by atoms with Gasteiger partial charge >= 0.3 is 0 Å². The summed E-state index contributed by atoms with van der Waals surface area (Å²) in [7, 11) is 0. The first kappa shape index (κ1) is 61.1. The largest absolute Gasteiger partial charge is 0.0952 e. The van der Waals surface area contributed by atoms with E-state index in [4.69, 9.17) is 0 Å². The summed E-state index contributed by atoms with van der Waals surface area (Å²) in [4.78, 5) is 0. The second kappa shape index (κ2) is 26.1. The van der Waals surface area contributed by atoms with Crippen LogP contribution in [0.5, 0.6) is 0 Å². The van der Waals surface area contributed by atoms with Crippen LogP contribution in [0.2, 0.25) is 0 Å². The molecule has 14 bridgehead atoms. The fraction of sp³-hybridized carbons (Fsp3) is 0.432. The van der Waals surface area contributed by atoms with E-state index in [1.165, 1.54) is 205 Å². The Hall–Kier alpha value is -5.98. The predicted molar refractivity (Wildman–Crippen MR) is 354 cm³/mol. The highest BCUT2D eigenvalue weighted by Crippen LogP contribution is 2.44. The summed E-state index contributed by atoms with van der Waals surface area (Å²) in [6.45, 7) is 48.7. The highest BCUT2D eigenvalue weighted by molar-refractivity contribution is 5.56. The van der Waals surface area contributed by atoms with Crippen molar-refractivity contribution in [1.29, 1.82) is 0 Å². The van der Waals surface area contributed by atoms with Crippen molar-refractivity contribution in [1.82, 2.24) is 0 Å². The van der Waals surface area contributed by atoms with E-state index in [1.54, 1.807) is 0 Å². The van der Waals surface area contributed by atoms with Crippen molar-refractivity contribution in [2.24, 2.45) is 0 Å². The third-order valence-corrected chi connectivity index (χ3v) is 19.5. The predicted octanol–water partition coefficient (Wildman–Crippen LogP) is 22.5. The number of rotatable bonds is 8. The third-order valence-electron chi connectivity index (χ3n) is 19.5. The lowest BCUT2D eigenvalue weighted by atomic mass is 9.76. The van der Waals surface area contributed by atoms with Crippen LogP contribution in [0, 0.1) is 96.9 Å². The quantitative estimate of drug-likeness (QED) is 0.142. The van der Waals surface area contributed by atoms with Crippen molar-refractivity contribution in [3.8, 4) is 0 Å². The lowest BCUT2D eigenvalue weighted by Crippen LogP contribution is -2.12. The Morgan fingerprint density at radius 1 is 0.259 bits per heavy atom. The van der Waals surface area contributed by atoms with Gasteiger partial charge in [0.2, 0.25) is 0 Å². The molecule has 0 heteroatoms. The standard InChI is InChI=1S/C42H52.C39H50/c1-11-13-37-39-22-35(27(5)16-29(39)7)20-33-19-34(26(4)15-25(33)3)21-36-23-40(30(8)17-28(36)6)38(14-12-2)42-24-41(37)31(9)18-32(42)10;1-11-13-35-28(7)15-24(3)16-32-20-33(26(5)17-25(32)4)21-34-22-37(29(8)18-27(34)6)36(14-12-2)39-23-38(35)30(9)19-31(39)10/h15-19,22-24,37-38H,11-14,20-21H2,1-10H3;15,17-20,22-23,35-36H,7,11-14,16,21H2,1-6,8-10H3/b;24-15+. The van der Waals surface area contributed by atoms with Crippen molar-refractivity contribution in [3.05, 3.63) is 265 Å². The molecule has 0 spiro atoms. The average molecular weight is 1080 g/mol. The Morgan fingerprint density at radius 2 is 0.469 bits per heavy atom. The minimum atomic E-state index is 0.351. The van der Waals surface area contributed by atoms with E-state index in [1.807, 2.05) is 0 Å². The molecule has 2 aliphatic carbocycles. The molecule has 81 heavy (non-hydrogen) atoms. The Labute approximate surface area is 494 Å². The van der Waals surface area contributed by atoms with Crippen LogP contribution in [-0.2, 0) is 25.7 Å². The molecule has 426 valence electrons. The van der Waals surface area contributed by atoms with Gasteiger partial charge in [-0.25, -0.2) is 0 Å². The first-order valence-electron chi connectivity index (χ1n) is 31.6. The van der Waals surface area contributed by atoms with E-state index in [0.29, 0.717) is 23.7 Å². The van der Waals surface area contributed by atoms with Gasteiger partial charge in [-0.3, -0.25) is 0 Å². The van der Waals surface area contributed by atoms with Crippen molar-refractivity contribution in [3.63, 3.8) is 0 Å². The highest BCUT2D eigenvalue weighted by Gasteiger charge is 2.27. The number of hydrogen-bond acceptors (Lipinski definition) is 0. The van der Waals surface area contributed by atoms with Crippen molar-refractivity contribution in [2.45, 2.75) is 232 Å². The van der Waals surface area contributed by atoms with Gasteiger partial charge in [-0.15, -0.1) is 0 Å². The Kier molecular flexibility index (Phi) is 19.7. The van der Waals surface area contributed by atoms with Gasteiger partial charge in [0.25, 0.3) is 0 Å². The fourth-order valence-corrected chi connectivity index (χ4v) is 14.9. The second-order valence-electron chi connectivity index (χ2n) is 26.1. The Morgan fingerprint density at radius 3 is 0.753 bits per heavy atom. The summed E-state index contributed by atoms with van der Waals surface area (Å²) in [5, 5.41) is 0. The minimum Gasteiger partial charge on any atom is -0.0952 e. The molecule has 0 N–H and O–H groups in total. The maximum absolute atomic E-state index is 4.68. The molecule has 9 rings (SSSR count). The SMILES string of the molecule is C=C1/C=C(\C)Cc2cc(c(C)cc2C)Cc2cc(c(C)cc2C)C(CCC)c2cc(c(C)cc2C)C1CCC.CCCC1c2cc(c(C)cc2C)Cc2cc(c(C)cc2C)Cc2cc(c(C)cc2C)C(CCC)c2cc1c(C)cc2C. The van der Waals surface area contributed by atoms with Crippen LogP contribution < -0.4 is 0 Å². The highest BCUT2D eigenvalue weighted by atomic mass is 14.3. The third kappa shape index (κ3) is 13.3. The molecule has 0 aliphatic heterocycles. The number of benzene rings is 7. The Balaban J connectivity index is 0.000000213. The molecule has 2 aliphatic rings. The van der Waals surface area contributed by atoms with Crippen LogP contribution >= 0.6 is 0 Å². The van der Waals surface area contributed by atoms with E-state index in [-0.39, 0.29) is 0 Å². The maximum atomic E-state index is 4.68. The van der Waals surface area contributed by atoms with Crippen molar-refractivity contribution in [2.75, 3.05) is 0 Å². The summed E-state index contributed by atoms with van der Waals surface area (Å²) in [6, 6.07) is 35.1. The summed E-state index contributed by atoms with van der Waals surface area (Å²) in [6.07, 6.45) is 15.7. The summed E-state index contributed by atoms with van der Waals surface area (Å²) in [5.41, 5.74) is 43.3. The number of hydrogen-bond donors (Lipinski definition) is 0. The molecule has 0 saturated carbocycles. The van der Waals surface area contributed by atoms with E-state index < -0.39 is 0 Å². The smallest absolute Gasteiger partial charge is 0.00946 e. The molecular weight excluding hydrogens is 973 g/mol. The van der Waals surface area contributed by atoms with E-state index in [2.05, 4.69) is 229 Å². The van der Waals surface area contributed by atoms with Gasteiger partial charge in [0.05, 0.1) is 0 Å². The zero-order chi connectivity index (χ0) is 58.7. The topological polar surface area (TPSA) is 0 Å². The lowest BCUT2D eigenvalue weighted by Gasteiger charge is -2.28. The first-order chi connectivity index (χ1) is 38.5. The van der Waals surface area contributed by atoms with Crippen LogP contribution in [0.25, 0.3) is 0 Å². The molecule has 4 unspecified atom stereocenters. The number of allylic oxidation sites excluding steroid dienone is 3. The van der Waals surface area contributed by atoms with Crippen LogP contribution in [0.4, 0.5) is 0 Å². The van der Waals surface area contributed by atoms with Gasteiger partial charge < -0.3 is 0 Å². The first-order valence-corrected chi connectivity index (χ1v) is 31.6. The number of fused-ring (bicyclic) bond motifs is 14. The average Bonchev–Trinajstić information content (AvgIpc) is 3.59. The lowest BCUT2D eigenvalue weighted by molar-refractivity contribution is 0.672. The fourth-order valence-electron chi connectivity index (χ4n) is 14.9. The van der Waals surface area contributed by atoms with Gasteiger partial charge in [-0.1, -0.05) is 157 Å². The molecule has 0 heterocycles. The molecule has 0 saturated heterocycles. The summed E-state index contributed by atoms with van der Waals surface area (Å²) >= 11 is 0. The zero-order valence-electron chi connectivity index (χ0n) is 54.2. The summed E-state index contributed by atoms with van der Waals surface area (Å²) in [5.74, 6) is 1.58. The molecule has 7 aromatic rings. The van der Waals surface area contributed by atoms with Crippen molar-refractivity contribution >= 4 is 0 Å². The normalized spacial score (nSPS) is 17.8. The number of aryl methyl sites for hydroxylation is 14. The van der Waals surface area contributed by atoms with Gasteiger partial charge in [-0.2, -0.15) is 0 Å². The molecule has 0 radical (unpaired) electrons. The Bertz CT molecular complexity index is 3390. The van der Waals surface area contributed by atoms with Crippen LogP contribution in [0.15, 0.2) is 109 Å². The zero-order valence-corrected chi connectivity index (χ0v) is 54.2. The van der Waals surface area contributed by atoms with E-state index in [0.717, 1.165) is 38.5 Å². The van der Waals surface area contributed by atoms with Gasteiger partial charge in [0, 0.05) is 23.7 Å². The maximum Gasteiger partial charge on any atom is 0.00946 e.